The summed E-state index contributed by atoms with van der Waals surface area (Å²) >= 11 is 0. The molecule has 8 nitrogen and oxygen atoms in total. The van der Waals surface area contributed by atoms with E-state index in [9.17, 15) is 14.9 Å². The molecule has 0 aliphatic rings. The molecule has 1 aromatic rings. The topological polar surface area (TPSA) is 119 Å². The highest BCUT2D eigenvalue weighted by atomic mass is 16.6. The van der Waals surface area contributed by atoms with E-state index < -0.39 is 22.1 Å². The average molecular weight is 257 g/mol. The number of nitro groups is 1. The van der Waals surface area contributed by atoms with Gasteiger partial charge in [0, 0.05) is 6.07 Å². The first-order valence-electron chi connectivity index (χ1n) is 4.84. The van der Waals surface area contributed by atoms with Gasteiger partial charge in [-0.3, -0.25) is 10.1 Å². The van der Waals surface area contributed by atoms with Gasteiger partial charge < -0.3 is 19.7 Å². The van der Waals surface area contributed by atoms with Gasteiger partial charge in [0.15, 0.2) is 11.5 Å². The van der Waals surface area contributed by atoms with E-state index in [0.717, 1.165) is 12.1 Å². The van der Waals surface area contributed by atoms with E-state index in [-0.39, 0.29) is 24.7 Å². The Morgan fingerprint density at radius 2 is 2.11 bits per heavy atom. The molecule has 8 heteroatoms. The number of methoxy groups -OCH3 is 1. The zero-order valence-corrected chi connectivity index (χ0v) is 9.45. The number of aromatic carboxylic acids is 1. The van der Waals surface area contributed by atoms with Gasteiger partial charge in [0.1, 0.15) is 12.2 Å². The lowest BCUT2D eigenvalue weighted by Crippen LogP contribution is -2.07. The van der Waals surface area contributed by atoms with Crippen LogP contribution in [0.15, 0.2) is 12.1 Å². The van der Waals surface area contributed by atoms with Crippen LogP contribution in [0, 0.1) is 10.1 Å². The van der Waals surface area contributed by atoms with Crippen molar-refractivity contribution >= 4 is 11.7 Å². The first-order valence-corrected chi connectivity index (χ1v) is 4.84. The lowest BCUT2D eigenvalue weighted by molar-refractivity contribution is -0.385. The lowest BCUT2D eigenvalue weighted by Gasteiger charge is -2.10. The van der Waals surface area contributed by atoms with Crippen molar-refractivity contribution in [2.24, 2.45) is 0 Å². The van der Waals surface area contributed by atoms with Gasteiger partial charge in [-0.25, -0.2) is 4.79 Å². The Kier molecular flexibility index (Phi) is 4.44. The highest BCUT2D eigenvalue weighted by Crippen LogP contribution is 2.34. The van der Waals surface area contributed by atoms with Crippen molar-refractivity contribution in [2.75, 3.05) is 20.3 Å². The first kappa shape index (κ1) is 13.7. The molecule has 98 valence electrons. The highest BCUT2D eigenvalue weighted by Gasteiger charge is 2.24. The van der Waals surface area contributed by atoms with Crippen LogP contribution in [-0.4, -0.2) is 41.4 Å². The highest BCUT2D eigenvalue weighted by molar-refractivity contribution is 5.93. The van der Waals surface area contributed by atoms with E-state index in [2.05, 4.69) is 0 Å². The fourth-order valence-corrected chi connectivity index (χ4v) is 1.30. The quantitative estimate of drug-likeness (QED) is 0.567. The smallest absolute Gasteiger partial charge is 0.342 e. The molecule has 2 N–H and O–H groups in total. The van der Waals surface area contributed by atoms with Gasteiger partial charge in [0.25, 0.3) is 5.69 Å². The Labute approximate surface area is 102 Å². The molecule has 1 aromatic carbocycles. The van der Waals surface area contributed by atoms with Crippen LogP contribution in [0.4, 0.5) is 5.69 Å². The molecule has 0 unspecified atom stereocenters. The summed E-state index contributed by atoms with van der Waals surface area (Å²) in [6, 6.07) is 1.96. The fraction of sp³-hybridized carbons (Fsp3) is 0.300. The van der Waals surface area contributed by atoms with E-state index in [0.29, 0.717) is 0 Å². The average Bonchev–Trinajstić information content (AvgIpc) is 2.34. The number of ether oxygens (including phenoxy) is 2. The van der Waals surface area contributed by atoms with Crippen molar-refractivity contribution in [1.29, 1.82) is 0 Å². The van der Waals surface area contributed by atoms with E-state index in [1.54, 1.807) is 0 Å². The molecule has 0 atom stereocenters. The van der Waals surface area contributed by atoms with E-state index in [1.807, 2.05) is 0 Å². The van der Waals surface area contributed by atoms with Gasteiger partial charge in [-0.05, 0) is 0 Å². The van der Waals surface area contributed by atoms with Gasteiger partial charge in [-0.2, -0.15) is 0 Å². The third-order valence-corrected chi connectivity index (χ3v) is 2.06. The normalized spacial score (nSPS) is 9.89. The molecule has 0 aromatic heterocycles. The minimum absolute atomic E-state index is 0.00301. The Morgan fingerprint density at radius 3 is 2.56 bits per heavy atom. The third kappa shape index (κ3) is 2.86. The molecule has 0 aliphatic heterocycles. The molecular weight excluding hydrogens is 246 g/mol. The van der Waals surface area contributed by atoms with Gasteiger partial charge in [0.05, 0.1) is 24.7 Å². The molecule has 0 spiro atoms. The summed E-state index contributed by atoms with van der Waals surface area (Å²) in [6.07, 6.45) is 0. The predicted octanol–water partition coefficient (Wildman–Crippen LogP) is 0.673. The largest absolute Gasteiger partial charge is 0.493 e. The zero-order chi connectivity index (χ0) is 13.7. The van der Waals surface area contributed by atoms with Crippen molar-refractivity contribution in [3.63, 3.8) is 0 Å². The number of carbonyl (C=O) groups is 1. The maximum absolute atomic E-state index is 10.9. The Hall–Kier alpha value is -2.35. The summed E-state index contributed by atoms with van der Waals surface area (Å²) < 4.78 is 9.91. The molecular formula is C10H11NO7. The van der Waals surface area contributed by atoms with Crippen LogP contribution in [0.3, 0.4) is 0 Å². The number of nitrogens with zero attached hydrogens (tertiary/aromatic N) is 1. The number of hydrogen-bond acceptors (Lipinski definition) is 6. The second kappa shape index (κ2) is 5.82. The van der Waals surface area contributed by atoms with Crippen LogP contribution in [0.2, 0.25) is 0 Å². The van der Waals surface area contributed by atoms with E-state index in [4.69, 9.17) is 19.7 Å². The van der Waals surface area contributed by atoms with Gasteiger partial charge in [0.2, 0.25) is 0 Å². The monoisotopic (exact) mass is 257 g/mol. The maximum atomic E-state index is 10.9. The number of aliphatic hydroxyl groups is 1. The predicted molar refractivity (Wildman–Crippen MR) is 59.2 cm³/mol. The van der Waals surface area contributed by atoms with Crippen LogP contribution in [0.1, 0.15) is 10.4 Å². The summed E-state index contributed by atoms with van der Waals surface area (Å²) in [6.45, 7) is -0.364. The summed E-state index contributed by atoms with van der Waals surface area (Å²) in [5.74, 6) is -1.39. The molecule has 0 bridgehead atoms. The van der Waals surface area contributed by atoms with E-state index >= 15 is 0 Å². The standard InChI is InChI=1S/C10H11NO7/c1-17-8-4-6(10(13)14)7(11(15)16)5-9(8)18-3-2-12/h4-5,12H,2-3H2,1H3,(H,13,14). The van der Waals surface area contributed by atoms with Crippen molar-refractivity contribution < 1.29 is 29.4 Å². The number of aliphatic hydroxyl groups excluding tert-OH is 1. The number of nitro benzene ring substituents is 1. The van der Waals surface area contributed by atoms with Gasteiger partial charge in [-0.1, -0.05) is 0 Å². The minimum Gasteiger partial charge on any atom is -0.493 e. The molecule has 0 heterocycles. The molecule has 0 saturated heterocycles. The van der Waals surface area contributed by atoms with Crippen LogP contribution < -0.4 is 9.47 Å². The number of hydrogen-bond donors (Lipinski definition) is 2. The lowest BCUT2D eigenvalue weighted by atomic mass is 10.1. The third-order valence-electron chi connectivity index (χ3n) is 2.06. The van der Waals surface area contributed by atoms with Crippen molar-refractivity contribution in [3.05, 3.63) is 27.8 Å². The summed E-state index contributed by atoms with van der Waals surface area (Å²) in [4.78, 5) is 20.8. The molecule has 18 heavy (non-hydrogen) atoms. The Morgan fingerprint density at radius 1 is 1.44 bits per heavy atom. The zero-order valence-electron chi connectivity index (χ0n) is 9.45. The summed E-state index contributed by atoms with van der Waals surface area (Å²) in [7, 11) is 1.28. The Bertz CT molecular complexity index is 472. The van der Waals surface area contributed by atoms with Crippen molar-refractivity contribution in [3.8, 4) is 11.5 Å². The molecule has 0 saturated carbocycles. The SMILES string of the molecule is COc1cc(C(=O)O)c([N+](=O)[O-])cc1OCCO. The minimum atomic E-state index is -1.44. The number of carboxylic acid groups (broad SMARTS) is 1. The number of carboxylic acids is 1. The van der Waals surface area contributed by atoms with Crippen molar-refractivity contribution in [2.45, 2.75) is 0 Å². The summed E-state index contributed by atoms with van der Waals surface area (Å²) in [5, 5.41) is 28.2. The molecule has 0 aliphatic carbocycles. The fourth-order valence-electron chi connectivity index (χ4n) is 1.30. The molecule has 1 rings (SSSR count). The summed E-state index contributed by atoms with van der Waals surface area (Å²) in [5.41, 5.74) is -1.09. The van der Waals surface area contributed by atoms with Gasteiger partial charge in [-0.15, -0.1) is 0 Å². The van der Waals surface area contributed by atoms with Crippen LogP contribution >= 0.6 is 0 Å². The van der Waals surface area contributed by atoms with Crippen LogP contribution in [-0.2, 0) is 0 Å². The molecule has 0 fully saturated rings. The van der Waals surface area contributed by atoms with Crippen molar-refractivity contribution in [1.82, 2.24) is 0 Å². The molecule has 0 radical (unpaired) electrons. The van der Waals surface area contributed by atoms with Crippen LogP contribution in [0.25, 0.3) is 0 Å². The van der Waals surface area contributed by atoms with Gasteiger partial charge >= 0.3 is 5.97 Å². The van der Waals surface area contributed by atoms with Crippen LogP contribution in [0.5, 0.6) is 11.5 Å². The second-order valence-electron chi connectivity index (χ2n) is 3.15. The molecule has 0 amide bonds. The number of rotatable bonds is 6. The second-order valence-corrected chi connectivity index (χ2v) is 3.15. The van der Waals surface area contributed by atoms with E-state index in [1.165, 1.54) is 7.11 Å². The first-order chi connectivity index (χ1) is 8.51. The number of benzene rings is 1. The Balaban J connectivity index is 3.31. The maximum Gasteiger partial charge on any atom is 0.342 e.